The molecule has 70 valence electrons. The van der Waals surface area contributed by atoms with Gasteiger partial charge in [0.2, 0.25) is 0 Å². The number of hydrogen-bond donors (Lipinski definition) is 0. The normalized spacial score (nSPS) is 9.77. The molecule has 1 aromatic carbocycles. The van der Waals surface area contributed by atoms with Crippen molar-refractivity contribution >= 4 is 45.1 Å². The predicted octanol–water partition coefficient (Wildman–Crippen LogP) is 3.29. The van der Waals surface area contributed by atoms with Crippen molar-refractivity contribution in [3.05, 3.63) is 28.2 Å². The van der Waals surface area contributed by atoms with E-state index in [2.05, 4.69) is 15.9 Å². The Hall–Kier alpha value is -0.250. The van der Waals surface area contributed by atoms with Gasteiger partial charge >= 0.3 is 5.97 Å². The Kier molecular flexibility index (Phi) is 4.03. The number of rotatable bonds is 2. The molecule has 1 aromatic rings. The average molecular weight is 284 g/mol. The summed E-state index contributed by atoms with van der Waals surface area (Å²) in [6.45, 7) is 0. The lowest BCUT2D eigenvalue weighted by molar-refractivity contribution is -0.131. The van der Waals surface area contributed by atoms with E-state index in [0.29, 0.717) is 5.02 Å². The van der Waals surface area contributed by atoms with Crippen LogP contribution in [0.5, 0.6) is 5.75 Å². The van der Waals surface area contributed by atoms with Gasteiger partial charge in [-0.05, 0) is 12.1 Å². The molecular formula is C8H5BrCl2O2. The molecule has 0 atom stereocenters. The van der Waals surface area contributed by atoms with E-state index >= 15 is 0 Å². The standard InChI is InChI=1S/C8H5BrCl2O2/c9-4-7(12)13-6-3-1-2-5(10)8(6)11/h1-3H,4H2. The highest BCUT2D eigenvalue weighted by atomic mass is 79.9. The van der Waals surface area contributed by atoms with Crippen LogP contribution >= 0.6 is 39.1 Å². The highest BCUT2D eigenvalue weighted by molar-refractivity contribution is 9.09. The lowest BCUT2D eigenvalue weighted by Crippen LogP contribution is -2.08. The van der Waals surface area contributed by atoms with Gasteiger partial charge in [0.1, 0.15) is 10.4 Å². The van der Waals surface area contributed by atoms with Gasteiger partial charge in [-0.2, -0.15) is 0 Å². The van der Waals surface area contributed by atoms with Crippen LogP contribution in [0, 0.1) is 0 Å². The first kappa shape index (κ1) is 10.8. The highest BCUT2D eigenvalue weighted by Gasteiger charge is 2.08. The molecule has 0 spiro atoms. The molecule has 0 aliphatic heterocycles. The number of alkyl halides is 1. The Labute approximate surface area is 93.9 Å². The van der Waals surface area contributed by atoms with Gasteiger partial charge in [0.05, 0.1) is 5.02 Å². The van der Waals surface area contributed by atoms with Gasteiger partial charge < -0.3 is 4.74 Å². The summed E-state index contributed by atoms with van der Waals surface area (Å²) in [5, 5.41) is 0.732. The maximum atomic E-state index is 10.9. The van der Waals surface area contributed by atoms with Crippen LogP contribution in [-0.4, -0.2) is 11.3 Å². The maximum Gasteiger partial charge on any atom is 0.322 e. The molecule has 0 N–H and O–H groups in total. The SMILES string of the molecule is O=C(CBr)Oc1cccc(Cl)c1Cl. The average Bonchev–Trinajstić information content (AvgIpc) is 2.13. The number of ether oxygens (including phenoxy) is 1. The third-order valence-corrected chi connectivity index (χ3v) is 2.51. The second-order valence-electron chi connectivity index (χ2n) is 2.16. The number of halogens is 3. The first-order valence-corrected chi connectivity index (χ1v) is 5.23. The number of carbonyl (C=O) groups excluding carboxylic acids is 1. The lowest BCUT2D eigenvalue weighted by atomic mass is 10.3. The van der Waals surface area contributed by atoms with Crippen LogP contribution in [0.1, 0.15) is 0 Å². The summed E-state index contributed by atoms with van der Waals surface area (Å²) in [6, 6.07) is 4.86. The van der Waals surface area contributed by atoms with Crippen molar-refractivity contribution < 1.29 is 9.53 Å². The van der Waals surface area contributed by atoms with Crippen LogP contribution in [0.15, 0.2) is 18.2 Å². The Balaban J connectivity index is 2.89. The first-order valence-electron chi connectivity index (χ1n) is 3.36. The molecule has 2 nitrogen and oxygen atoms in total. The third-order valence-electron chi connectivity index (χ3n) is 1.25. The summed E-state index contributed by atoms with van der Waals surface area (Å²) >= 11 is 14.4. The zero-order valence-electron chi connectivity index (χ0n) is 6.39. The summed E-state index contributed by atoms with van der Waals surface area (Å²) in [7, 11) is 0. The van der Waals surface area contributed by atoms with Crippen LogP contribution in [0.25, 0.3) is 0 Å². The molecule has 0 bridgehead atoms. The molecule has 0 radical (unpaired) electrons. The summed E-state index contributed by atoms with van der Waals surface area (Å²) in [5.74, 6) is -0.136. The van der Waals surface area contributed by atoms with Crippen LogP contribution in [0.2, 0.25) is 10.0 Å². The van der Waals surface area contributed by atoms with Crippen molar-refractivity contribution in [3.63, 3.8) is 0 Å². The zero-order valence-corrected chi connectivity index (χ0v) is 9.49. The van der Waals surface area contributed by atoms with Crippen LogP contribution in [0.3, 0.4) is 0 Å². The minimum absolute atomic E-state index is 0.121. The topological polar surface area (TPSA) is 26.3 Å². The van der Waals surface area contributed by atoms with Crippen LogP contribution in [-0.2, 0) is 4.79 Å². The molecule has 0 saturated heterocycles. The molecule has 0 aromatic heterocycles. The van der Waals surface area contributed by atoms with Gasteiger partial charge in [0.25, 0.3) is 0 Å². The molecule has 0 heterocycles. The van der Waals surface area contributed by atoms with E-state index in [1.165, 1.54) is 0 Å². The quantitative estimate of drug-likeness (QED) is 0.473. The zero-order chi connectivity index (χ0) is 9.84. The monoisotopic (exact) mass is 282 g/mol. The minimum Gasteiger partial charge on any atom is -0.424 e. The molecule has 0 unspecified atom stereocenters. The van der Waals surface area contributed by atoms with Gasteiger partial charge in [-0.25, -0.2) is 0 Å². The van der Waals surface area contributed by atoms with Crippen molar-refractivity contribution in [3.8, 4) is 5.75 Å². The second kappa shape index (κ2) is 4.84. The van der Waals surface area contributed by atoms with Crippen LogP contribution in [0.4, 0.5) is 0 Å². The van der Waals surface area contributed by atoms with Crippen molar-refractivity contribution in [2.75, 3.05) is 5.33 Å². The van der Waals surface area contributed by atoms with Gasteiger partial charge in [-0.15, -0.1) is 0 Å². The molecule has 0 saturated carbocycles. The lowest BCUT2D eigenvalue weighted by Gasteiger charge is -2.04. The summed E-state index contributed by atoms with van der Waals surface area (Å²) in [6.07, 6.45) is 0. The van der Waals surface area contributed by atoms with Crippen LogP contribution < -0.4 is 4.74 Å². The van der Waals surface area contributed by atoms with E-state index in [4.69, 9.17) is 27.9 Å². The fourth-order valence-electron chi connectivity index (χ4n) is 0.713. The van der Waals surface area contributed by atoms with E-state index in [-0.39, 0.29) is 16.1 Å². The molecule has 13 heavy (non-hydrogen) atoms. The predicted molar refractivity (Wildman–Crippen MR) is 55.9 cm³/mol. The van der Waals surface area contributed by atoms with Crippen molar-refractivity contribution in [2.45, 2.75) is 0 Å². The molecule has 0 amide bonds. The maximum absolute atomic E-state index is 10.9. The largest absolute Gasteiger partial charge is 0.424 e. The molecule has 1 rings (SSSR count). The van der Waals surface area contributed by atoms with Crippen molar-refractivity contribution in [1.82, 2.24) is 0 Å². The summed E-state index contributed by atoms with van der Waals surface area (Å²) in [5.41, 5.74) is 0. The fourth-order valence-corrected chi connectivity index (χ4v) is 1.16. The Morgan fingerprint density at radius 2 is 2.15 bits per heavy atom. The molecule has 5 heteroatoms. The first-order chi connectivity index (χ1) is 6.15. The van der Waals surface area contributed by atoms with E-state index < -0.39 is 5.97 Å². The van der Waals surface area contributed by atoms with E-state index in [0.717, 1.165) is 0 Å². The van der Waals surface area contributed by atoms with E-state index in [1.54, 1.807) is 18.2 Å². The van der Waals surface area contributed by atoms with E-state index in [1.807, 2.05) is 0 Å². The molecular weight excluding hydrogens is 279 g/mol. The van der Waals surface area contributed by atoms with Gasteiger partial charge in [0, 0.05) is 0 Å². The Morgan fingerprint density at radius 3 is 2.77 bits per heavy atom. The highest BCUT2D eigenvalue weighted by Crippen LogP contribution is 2.31. The molecule has 0 aliphatic carbocycles. The number of esters is 1. The number of carbonyl (C=O) groups is 1. The summed E-state index contributed by atoms with van der Waals surface area (Å²) < 4.78 is 4.87. The third kappa shape index (κ3) is 2.86. The smallest absolute Gasteiger partial charge is 0.322 e. The Morgan fingerprint density at radius 1 is 1.46 bits per heavy atom. The van der Waals surface area contributed by atoms with Gasteiger partial charge in [-0.3, -0.25) is 4.79 Å². The minimum atomic E-state index is -0.413. The molecule has 0 aliphatic rings. The second-order valence-corrected chi connectivity index (χ2v) is 3.51. The molecule has 0 fully saturated rings. The summed E-state index contributed by atoms with van der Waals surface area (Å²) in [4.78, 5) is 10.9. The van der Waals surface area contributed by atoms with Crippen molar-refractivity contribution in [2.24, 2.45) is 0 Å². The van der Waals surface area contributed by atoms with Gasteiger partial charge in [-0.1, -0.05) is 45.2 Å². The van der Waals surface area contributed by atoms with Crippen molar-refractivity contribution in [1.29, 1.82) is 0 Å². The Bertz CT molecular complexity index is 328. The number of hydrogen-bond acceptors (Lipinski definition) is 2. The number of benzene rings is 1. The van der Waals surface area contributed by atoms with E-state index in [9.17, 15) is 4.79 Å². The fraction of sp³-hybridized carbons (Fsp3) is 0.125. The van der Waals surface area contributed by atoms with Gasteiger partial charge in [0.15, 0.2) is 5.75 Å².